The minimum atomic E-state index is -3.65. The number of carbonyl (C=O) groups is 1. The number of rotatable bonds is 7. The first kappa shape index (κ1) is 21.0. The monoisotopic (exact) mass is 441 g/mol. The molecule has 0 radical (unpaired) electrons. The Balaban J connectivity index is 1.36. The van der Waals surface area contributed by atoms with Gasteiger partial charge in [0.15, 0.2) is 0 Å². The average Bonchev–Trinajstić information content (AvgIpc) is 3.31. The lowest BCUT2D eigenvalue weighted by atomic mass is 10.2. The maximum absolute atomic E-state index is 12.7. The van der Waals surface area contributed by atoms with E-state index >= 15 is 0 Å². The number of carbonyl (C=O) groups excluding carboxylic acids is 1. The second-order valence-corrected chi connectivity index (χ2v) is 8.91. The third-order valence-electron chi connectivity index (χ3n) is 4.85. The first-order chi connectivity index (χ1) is 15.0. The first-order valence-corrected chi connectivity index (χ1v) is 11.3. The number of H-pyrrole nitrogens is 1. The fraction of sp³-hybridized carbons (Fsp3) is 0.238. The highest BCUT2D eigenvalue weighted by molar-refractivity contribution is 7.89. The summed E-state index contributed by atoms with van der Waals surface area (Å²) in [5.41, 5.74) is 2.58. The van der Waals surface area contributed by atoms with Gasteiger partial charge in [0.05, 0.1) is 25.5 Å². The third kappa shape index (κ3) is 5.10. The highest BCUT2D eigenvalue weighted by Gasteiger charge is 2.28. The molecule has 0 atom stereocenters. The summed E-state index contributed by atoms with van der Waals surface area (Å²) in [6.07, 6.45) is 3.08. The lowest BCUT2D eigenvalue weighted by Gasteiger charge is -2.25. The van der Waals surface area contributed by atoms with E-state index in [4.69, 9.17) is 4.74 Å². The number of morpholine rings is 1. The highest BCUT2D eigenvalue weighted by atomic mass is 32.2. The van der Waals surface area contributed by atoms with Crippen LogP contribution in [-0.2, 0) is 21.3 Å². The van der Waals surface area contributed by atoms with Gasteiger partial charge >= 0.3 is 0 Å². The Labute approximate surface area is 180 Å². The lowest BCUT2D eigenvalue weighted by Crippen LogP contribution is -2.40. The number of ether oxygens (including phenoxy) is 1. The van der Waals surface area contributed by atoms with Crippen LogP contribution >= 0.6 is 0 Å². The normalized spacial score (nSPS) is 14.8. The summed E-state index contributed by atoms with van der Waals surface area (Å²) >= 11 is 0. The molecule has 1 aliphatic rings. The quantitative estimate of drug-likeness (QED) is 0.518. The summed E-state index contributed by atoms with van der Waals surface area (Å²) in [4.78, 5) is 19.6. The number of hydrogen-bond acceptors (Lipinski definition) is 6. The fourth-order valence-corrected chi connectivity index (χ4v) is 4.56. The van der Waals surface area contributed by atoms with Crippen LogP contribution in [0.1, 0.15) is 16.2 Å². The highest BCUT2D eigenvalue weighted by Crippen LogP contribution is 2.19. The molecule has 1 fully saturated rings. The molecule has 31 heavy (non-hydrogen) atoms. The Morgan fingerprint density at radius 2 is 1.84 bits per heavy atom. The summed E-state index contributed by atoms with van der Waals surface area (Å²) < 4.78 is 31.9. The number of nitrogens with one attached hydrogen (secondary N) is 3. The number of sulfonamides is 1. The lowest BCUT2D eigenvalue weighted by molar-refractivity contribution is 0.0730. The van der Waals surface area contributed by atoms with Crippen LogP contribution in [0.3, 0.4) is 0 Å². The van der Waals surface area contributed by atoms with E-state index in [1.807, 2.05) is 30.3 Å². The minimum Gasteiger partial charge on any atom is -0.379 e. The molecule has 3 heterocycles. The molecule has 1 amide bonds. The molecule has 3 aromatic rings. The number of aromatic nitrogens is 2. The second kappa shape index (κ2) is 9.29. The van der Waals surface area contributed by atoms with Crippen LogP contribution < -0.4 is 10.6 Å². The molecule has 3 N–H and O–H groups in total. The molecule has 1 aromatic carbocycles. The predicted octanol–water partition coefficient (Wildman–Crippen LogP) is 2.29. The number of hydrogen-bond donors (Lipinski definition) is 3. The van der Waals surface area contributed by atoms with E-state index in [-0.39, 0.29) is 10.6 Å². The van der Waals surface area contributed by atoms with Gasteiger partial charge in [-0.05, 0) is 42.5 Å². The molecule has 10 heteroatoms. The number of nitrogens with zero attached hydrogens (tertiary/aromatic N) is 2. The third-order valence-corrected chi connectivity index (χ3v) is 6.73. The molecule has 0 aliphatic carbocycles. The number of amides is 1. The van der Waals surface area contributed by atoms with E-state index in [2.05, 4.69) is 20.6 Å². The van der Waals surface area contributed by atoms with Crippen LogP contribution in [0.4, 0.5) is 11.4 Å². The molecule has 1 aliphatic heterocycles. The van der Waals surface area contributed by atoms with Crippen molar-refractivity contribution in [3.8, 4) is 0 Å². The van der Waals surface area contributed by atoms with Crippen LogP contribution in [0.15, 0.2) is 65.8 Å². The summed E-state index contributed by atoms with van der Waals surface area (Å²) in [6, 6.07) is 14.3. The van der Waals surface area contributed by atoms with Crippen molar-refractivity contribution in [1.82, 2.24) is 14.3 Å². The summed E-state index contributed by atoms with van der Waals surface area (Å²) in [5.74, 6) is -0.419. The summed E-state index contributed by atoms with van der Waals surface area (Å²) in [6.45, 7) is 1.92. The van der Waals surface area contributed by atoms with Gasteiger partial charge in [-0.2, -0.15) is 4.31 Å². The minimum absolute atomic E-state index is 0.0635. The first-order valence-electron chi connectivity index (χ1n) is 9.84. The zero-order chi connectivity index (χ0) is 21.7. The van der Waals surface area contributed by atoms with Crippen molar-refractivity contribution < 1.29 is 17.9 Å². The molecule has 162 valence electrons. The largest absolute Gasteiger partial charge is 0.379 e. The Hall–Kier alpha value is -3.21. The van der Waals surface area contributed by atoms with Crippen molar-refractivity contribution >= 4 is 27.3 Å². The molecule has 1 saturated heterocycles. The van der Waals surface area contributed by atoms with Crippen LogP contribution in [0.25, 0.3) is 0 Å². The van der Waals surface area contributed by atoms with Crippen molar-refractivity contribution in [1.29, 1.82) is 0 Å². The van der Waals surface area contributed by atoms with E-state index in [9.17, 15) is 13.2 Å². The second-order valence-electron chi connectivity index (χ2n) is 6.97. The van der Waals surface area contributed by atoms with Crippen molar-refractivity contribution in [3.63, 3.8) is 0 Å². The molecule has 0 saturated carbocycles. The number of benzene rings is 1. The SMILES string of the molecule is O=C(Nc1ccc(NCc2ccccn2)cc1)c1cc(S(=O)(=O)N2CCOCC2)c[nH]1. The maximum atomic E-state index is 12.7. The van der Waals surface area contributed by atoms with Gasteiger partial charge < -0.3 is 20.4 Å². The van der Waals surface area contributed by atoms with Gasteiger partial charge in [0.2, 0.25) is 10.0 Å². The van der Waals surface area contributed by atoms with Crippen molar-refractivity contribution in [2.24, 2.45) is 0 Å². The molecule has 4 rings (SSSR count). The zero-order valence-electron chi connectivity index (χ0n) is 16.7. The predicted molar refractivity (Wildman–Crippen MR) is 116 cm³/mol. The smallest absolute Gasteiger partial charge is 0.272 e. The maximum Gasteiger partial charge on any atom is 0.272 e. The van der Waals surface area contributed by atoms with Crippen LogP contribution in [0.5, 0.6) is 0 Å². The molecular formula is C21H23N5O4S. The Morgan fingerprint density at radius 3 is 2.55 bits per heavy atom. The molecule has 0 spiro atoms. The summed E-state index contributed by atoms with van der Waals surface area (Å²) in [7, 11) is -3.65. The van der Waals surface area contributed by atoms with Gasteiger partial charge in [-0.15, -0.1) is 0 Å². The molecule has 0 unspecified atom stereocenters. The van der Waals surface area contributed by atoms with E-state index in [1.165, 1.54) is 16.6 Å². The van der Waals surface area contributed by atoms with Gasteiger partial charge in [-0.25, -0.2) is 8.42 Å². The van der Waals surface area contributed by atoms with E-state index in [0.29, 0.717) is 38.5 Å². The fourth-order valence-electron chi connectivity index (χ4n) is 3.16. The van der Waals surface area contributed by atoms with E-state index in [1.54, 1.807) is 18.3 Å². The van der Waals surface area contributed by atoms with Gasteiger partial charge in [0.1, 0.15) is 10.6 Å². The topological polar surface area (TPSA) is 116 Å². The van der Waals surface area contributed by atoms with Crippen molar-refractivity contribution in [2.45, 2.75) is 11.4 Å². The number of aromatic amines is 1. The summed E-state index contributed by atoms with van der Waals surface area (Å²) in [5, 5.41) is 6.03. The van der Waals surface area contributed by atoms with Gasteiger partial charge in [0.25, 0.3) is 5.91 Å². The molecule has 9 nitrogen and oxygen atoms in total. The van der Waals surface area contributed by atoms with E-state index < -0.39 is 15.9 Å². The molecular weight excluding hydrogens is 418 g/mol. The van der Waals surface area contributed by atoms with Gasteiger partial charge in [-0.3, -0.25) is 9.78 Å². The van der Waals surface area contributed by atoms with Crippen molar-refractivity contribution in [3.05, 3.63) is 72.3 Å². The van der Waals surface area contributed by atoms with Crippen LogP contribution in [-0.4, -0.2) is 54.9 Å². The van der Waals surface area contributed by atoms with Crippen LogP contribution in [0, 0.1) is 0 Å². The zero-order valence-corrected chi connectivity index (χ0v) is 17.6. The van der Waals surface area contributed by atoms with Crippen molar-refractivity contribution in [2.75, 3.05) is 36.9 Å². The Bertz CT molecular complexity index is 1120. The Kier molecular flexibility index (Phi) is 6.31. The molecule has 0 bridgehead atoms. The van der Waals surface area contributed by atoms with Gasteiger partial charge in [0, 0.05) is 36.9 Å². The standard InChI is InChI=1S/C21H23N5O4S/c27-21(20-13-19(15-24-20)31(28,29)26-9-11-30-12-10-26)25-17-6-4-16(5-7-17)23-14-18-3-1-2-8-22-18/h1-8,13,15,23-24H,9-12,14H2,(H,25,27). The average molecular weight is 442 g/mol. The van der Waals surface area contributed by atoms with Crippen LogP contribution in [0.2, 0.25) is 0 Å². The van der Waals surface area contributed by atoms with E-state index in [0.717, 1.165) is 11.4 Å². The van der Waals surface area contributed by atoms with Gasteiger partial charge in [-0.1, -0.05) is 6.07 Å². The number of anilines is 2. The molecule has 2 aromatic heterocycles. The Morgan fingerprint density at radius 1 is 1.10 bits per heavy atom. The number of pyridine rings is 1.